The van der Waals surface area contributed by atoms with E-state index in [0.717, 1.165) is 11.3 Å². The minimum atomic E-state index is -0.256. The molecule has 1 heterocycles. The first kappa shape index (κ1) is 20.3. The summed E-state index contributed by atoms with van der Waals surface area (Å²) in [6.07, 6.45) is 0. The molecule has 0 fully saturated rings. The van der Waals surface area contributed by atoms with Gasteiger partial charge in [0.2, 0.25) is 0 Å². The van der Waals surface area contributed by atoms with Crippen LogP contribution in [0.5, 0.6) is 5.75 Å². The standard InChI is InChI=1S/C21H20Cl2N2O3/c1-13-18(11-20(28-13)17-9-6-15(22)10-19(17)23)21(26)24-25(2)12-14-4-7-16(27-3)8-5-14/h4-11H,12H2,1-3H3,(H,24,26). The predicted octanol–water partition coefficient (Wildman–Crippen LogP) is 5.35. The Labute approximate surface area is 173 Å². The van der Waals surface area contributed by atoms with Crippen molar-refractivity contribution in [1.29, 1.82) is 0 Å². The van der Waals surface area contributed by atoms with Crippen LogP contribution in [0.4, 0.5) is 0 Å². The lowest BCUT2D eigenvalue weighted by Crippen LogP contribution is -2.38. The Hall–Kier alpha value is -2.47. The average molecular weight is 419 g/mol. The number of hydrogen-bond donors (Lipinski definition) is 1. The molecule has 0 aliphatic heterocycles. The fourth-order valence-corrected chi connectivity index (χ4v) is 3.31. The molecule has 0 aliphatic carbocycles. The van der Waals surface area contributed by atoms with Crippen molar-refractivity contribution >= 4 is 29.1 Å². The van der Waals surface area contributed by atoms with Gasteiger partial charge in [-0.25, -0.2) is 5.01 Å². The van der Waals surface area contributed by atoms with Crippen LogP contribution in [0, 0.1) is 6.92 Å². The molecular formula is C21H20Cl2N2O3. The smallest absolute Gasteiger partial charge is 0.269 e. The van der Waals surface area contributed by atoms with Crippen molar-refractivity contribution in [2.75, 3.05) is 14.2 Å². The molecule has 1 amide bonds. The molecule has 3 aromatic rings. The first-order valence-corrected chi connectivity index (χ1v) is 9.34. The molecule has 0 atom stereocenters. The van der Waals surface area contributed by atoms with Crippen LogP contribution >= 0.6 is 23.2 Å². The van der Waals surface area contributed by atoms with E-state index in [4.69, 9.17) is 32.4 Å². The highest BCUT2D eigenvalue weighted by Crippen LogP contribution is 2.33. The van der Waals surface area contributed by atoms with Crippen molar-refractivity contribution < 1.29 is 13.9 Å². The Balaban J connectivity index is 1.70. The van der Waals surface area contributed by atoms with Crippen LogP contribution in [0.25, 0.3) is 11.3 Å². The molecule has 3 rings (SSSR count). The third-order valence-corrected chi connectivity index (χ3v) is 4.78. The van der Waals surface area contributed by atoms with Gasteiger partial charge in [0, 0.05) is 24.2 Å². The van der Waals surface area contributed by atoms with Crippen LogP contribution in [-0.2, 0) is 6.54 Å². The second kappa shape index (κ2) is 8.69. The topological polar surface area (TPSA) is 54.7 Å². The first-order valence-electron chi connectivity index (χ1n) is 8.58. The first-order chi connectivity index (χ1) is 13.4. The molecule has 1 aromatic heterocycles. The third-order valence-electron chi connectivity index (χ3n) is 4.23. The minimum absolute atomic E-state index is 0.256. The lowest BCUT2D eigenvalue weighted by molar-refractivity contribution is 0.0818. The summed E-state index contributed by atoms with van der Waals surface area (Å²) in [4.78, 5) is 12.7. The number of furan rings is 1. The van der Waals surface area contributed by atoms with Gasteiger partial charge in [-0.1, -0.05) is 35.3 Å². The van der Waals surface area contributed by atoms with Crippen molar-refractivity contribution in [2.24, 2.45) is 0 Å². The summed E-state index contributed by atoms with van der Waals surface area (Å²) in [5, 5.41) is 2.71. The number of methoxy groups -OCH3 is 1. The lowest BCUT2D eigenvalue weighted by atomic mass is 10.1. The van der Waals surface area contributed by atoms with Gasteiger partial charge in [0.15, 0.2) is 0 Å². The summed E-state index contributed by atoms with van der Waals surface area (Å²) in [6.45, 7) is 2.29. The number of rotatable bonds is 6. The lowest BCUT2D eigenvalue weighted by Gasteiger charge is -2.18. The van der Waals surface area contributed by atoms with Gasteiger partial charge in [-0.2, -0.15) is 0 Å². The number of aryl methyl sites for hydroxylation is 1. The molecule has 0 saturated heterocycles. The fraction of sp³-hybridized carbons (Fsp3) is 0.190. The Kier molecular flexibility index (Phi) is 6.29. The molecule has 0 radical (unpaired) electrons. The molecule has 0 spiro atoms. The summed E-state index contributed by atoms with van der Waals surface area (Å²) in [7, 11) is 3.43. The highest BCUT2D eigenvalue weighted by molar-refractivity contribution is 6.36. The van der Waals surface area contributed by atoms with E-state index in [9.17, 15) is 4.79 Å². The van der Waals surface area contributed by atoms with Crippen molar-refractivity contribution in [1.82, 2.24) is 10.4 Å². The van der Waals surface area contributed by atoms with Gasteiger partial charge >= 0.3 is 0 Å². The summed E-state index contributed by atoms with van der Waals surface area (Å²) in [5.41, 5.74) is 5.02. The normalized spacial score (nSPS) is 10.9. The van der Waals surface area contributed by atoms with E-state index in [1.54, 1.807) is 50.4 Å². The Morgan fingerprint density at radius 3 is 2.50 bits per heavy atom. The van der Waals surface area contributed by atoms with E-state index in [0.29, 0.717) is 39.2 Å². The van der Waals surface area contributed by atoms with Gasteiger partial charge in [-0.05, 0) is 48.9 Å². The van der Waals surface area contributed by atoms with Gasteiger partial charge in [-0.15, -0.1) is 0 Å². The number of nitrogens with zero attached hydrogens (tertiary/aromatic N) is 1. The summed E-state index contributed by atoms with van der Waals surface area (Å²) in [5.74, 6) is 1.56. The second-order valence-electron chi connectivity index (χ2n) is 6.35. The van der Waals surface area contributed by atoms with E-state index in [-0.39, 0.29) is 5.91 Å². The number of hydrazine groups is 1. The van der Waals surface area contributed by atoms with Crippen molar-refractivity contribution in [3.8, 4) is 17.1 Å². The maximum Gasteiger partial charge on any atom is 0.269 e. The molecular weight excluding hydrogens is 399 g/mol. The molecule has 5 nitrogen and oxygen atoms in total. The van der Waals surface area contributed by atoms with E-state index >= 15 is 0 Å². The van der Waals surface area contributed by atoms with E-state index < -0.39 is 0 Å². The van der Waals surface area contributed by atoms with E-state index in [1.165, 1.54) is 0 Å². The number of amides is 1. The molecule has 0 bridgehead atoms. The molecule has 0 unspecified atom stereocenters. The highest BCUT2D eigenvalue weighted by Gasteiger charge is 2.18. The van der Waals surface area contributed by atoms with Crippen LogP contribution in [0.15, 0.2) is 52.9 Å². The van der Waals surface area contributed by atoms with E-state index in [1.807, 2.05) is 24.3 Å². The monoisotopic (exact) mass is 418 g/mol. The Bertz CT molecular complexity index is 984. The molecule has 28 heavy (non-hydrogen) atoms. The highest BCUT2D eigenvalue weighted by atomic mass is 35.5. The molecule has 2 aromatic carbocycles. The van der Waals surface area contributed by atoms with Crippen molar-refractivity contribution in [3.05, 3.63) is 75.5 Å². The molecule has 1 N–H and O–H groups in total. The van der Waals surface area contributed by atoms with Crippen LogP contribution in [0.3, 0.4) is 0 Å². The van der Waals surface area contributed by atoms with Crippen LogP contribution in [-0.4, -0.2) is 25.1 Å². The number of benzene rings is 2. The summed E-state index contributed by atoms with van der Waals surface area (Å²) in [6, 6.07) is 14.5. The second-order valence-corrected chi connectivity index (χ2v) is 7.19. The largest absolute Gasteiger partial charge is 0.497 e. The van der Waals surface area contributed by atoms with Crippen LogP contribution in [0.1, 0.15) is 21.7 Å². The molecule has 0 saturated carbocycles. The zero-order chi connectivity index (χ0) is 20.3. The number of halogens is 2. The molecule has 146 valence electrons. The van der Waals surface area contributed by atoms with Gasteiger partial charge in [0.1, 0.15) is 17.3 Å². The van der Waals surface area contributed by atoms with Crippen LogP contribution in [0.2, 0.25) is 10.0 Å². The quantitative estimate of drug-likeness (QED) is 0.548. The Morgan fingerprint density at radius 2 is 1.86 bits per heavy atom. The SMILES string of the molecule is COc1ccc(CN(C)NC(=O)c2cc(-c3ccc(Cl)cc3Cl)oc2C)cc1. The fourth-order valence-electron chi connectivity index (χ4n) is 2.81. The summed E-state index contributed by atoms with van der Waals surface area (Å²) < 4.78 is 10.9. The number of carbonyl (C=O) groups excluding carboxylic acids is 1. The predicted molar refractivity (Wildman–Crippen MR) is 111 cm³/mol. The van der Waals surface area contributed by atoms with Gasteiger partial charge in [0.25, 0.3) is 5.91 Å². The van der Waals surface area contributed by atoms with Crippen molar-refractivity contribution in [2.45, 2.75) is 13.5 Å². The maximum absolute atomic E-state index is 12.7. The number of ether oxygens (including phenoxy) is 1. The van der Waals surface area contributed by atoms with Gasteiger partial charge < -0.3 is 9.15 Å². The number of hydrogen-bond acceptors (Lipinski definition) is 4. The zero-order valence-corrected chi connectivity index (χ0v) is 17.3. The Morgan fingerprint density at radius 1 is 1.14 bits per heavy atom. The minimum Gasteiger partial charge on any atom is -0.497 e. The average Bonchev–Trinajstić information content (AvgIpc) is 3.03. The zero-order valence-electron chi connectivity index (χ0n) is 15.8. The van der Waals surface area contributed by atoms with Gasteiger partial charge in [0.05, 0.1) is 17.7 Å². The molecule has 0 aliphatic rings. The summed E-state index contributed by atoms with van der Waals surface area (Å²) >= 11 is 12.2. The van der Waals surface area contributed by atoms with Gasteiger partial charge in [-0.3, -0.25) is 10.2 Å². The number of nitrogens with one attached hydrogen (secondary N) is 1. The number of carbonyl (C=O) groups is 1. The van der Waals surface area contributed by atoms with Crippen LogP contribution < -0.4 is 10.2 Å². The third kappa shape index (κ3) is 4.68. The van der Waals surface area contributed by atoms with Crippen molar-refractivity contribution in [3.63, 3.8) is 0 Å². The maximum atomic E-state index is 12.7. The van der Waals surface area contributed by atoms with E-state index in [2.05, 4.69) is 5.43 Å². The molecule has 7 heteroatoms.